The van der Waals surface area contributed by atoms with E-state index in [0.29, 0.717) is 32.2 Å². The Labute approximate surface area is 103 Å². The van der Waals surface area contributed by atoms with Gasteiger partial charge >= 0.3 is 12.1 Å². The van der Waals surface area contributed by atoms with Gasteiger partial charge in [0, 0.05) is 19.4 Å². The van der Waals surface area contributed by atoms with Crippen LogP contribution in [0.5, 0.6) is 0 Å². The van der Waals surface area contributed by atoms with E-state index in [0.717, 1.165) is 4.90 Å². The van der Waals surface area contributed by atoms with Crippen molar-refractivity contribution in [1.82, 2.24) is 10.2 Å². The molecule has 0 aromatic rings. The molecule has 2 heterocycles. The third-order valence-electron chi connectivity index (χ3n) is 2.60. The van der Waals surface area contributed by atoms with Gasteiger partial charge in [-0.15, -0.1) is 0 Å². The van der Waals surface area contributed by atoms with E-state index in [1.54, 1.807) is 0 Å². The molecule has 0 saturated carbocycles. The van der Waals surface area contributed by atoms with Gasteiger partial charge in [-0.3, -0.25) is 9.59 Å². The Morgan fingerprint density at radius 2 is 1.89 bits per heavy atom. The first-order valence-electron chi connectivity index (χ1n) is 5.47. The highest BCUT2D eigenvalue weighted by Gasteiger charge is 2.26. The minimum atomic E-state index is -1.13. The number of likely N-dealkylation sites (tertiary alicyclic amines) is 1. The van der Waals surface area contributed by atoms with E-state index < -0.39 is 18.1 Å². The maximum Gasteiger partial charge on any atom is 0.414 e. The normalized spacial score (nSPS) is 22.2. The average molecular weight is 258 g/mol. The first kappa shape index (κ1) is 13.9. The van der Waals surface area contributed by atoms with Crippen LogP contribution in [0.1, 0.15) is 25.7 Å². The summed E-state index contributed by atoms with van der Waals surface area (Å²) in [5.41, 5.74) is 0. The van der Waals surface area contributed by atoms with E-state index in [-0.39, 0.29) is 11.8 Å². The van der Waals surface area contributed by atoms with Gasteiger partial charge in [0.05, 0.1) is 0 Å². The SMILES string of the molecule is O=C(O)N1CCCC1=O.O=C1CCC(C(=O)O)N1. The number of hydrogen-bond acceptors (Lipinski definition) is 4. The molecule has 1 atom stereocenters. The van der Waals surface area contributed by atoms with Gasteiger partial charge in [-0.25, -0.2) is 14.5 Å². The third kappa shape index (κ3) is 3.72. The van der Waals surface area contributed by atoms with Crippen molar-refractivity contribution in [3.05, 3.63) is 0 Å². The molecule has 3 amide bonds. The first-order valence-corrected chi connectivity index (χ1v) is 5.47. The summed E-state index contributed by atoms with van der Waals surface area (Å²) in [6.07, 6.45) is 0.695. The van der Waals surface area contributed by atoms with Crippen molar-refractivity contribution >= 4 is 23.9 Å². The summed E-state index contributed by atoms with van der Waals surface area (Å²) in [5, 5.41) is 18.9. The van der Waals surface area contributed by atoms with Crippen LogP contribution in [0.25, 0.3) is 0 Å². The van der Waals surface area contributed by atoms with Crippen LogP contribution in [-0.4, -0.2) is 51.6 Å². The van der Waals surface area contributed by atoms with Crippen molar-refractivity contribution in [3.8, 4) is 0 Å². The number of amides is 3. The maximum atomic E-state index is 10.6. The van der Waals surface area contributed by atoms with Crippen molar-refractivity contribution in [2.45, 2.75) is 31.7 Å². The average Bonchev–Trinajstić information content (AvgIpc) is 2.87. The molecule has 0 bridgehead atoms. The molecule has 0 aromatic carbocycles. The fourth-order valence-electron chi connectivity index (χ4n) is 1.65. The Hall–Kier alpha value is -2.12. The zero-order chi connectivity index (χ0) is 13.7. The fourth-order valence-corrected chi connectivity index (χ4v) is 1.65. The highest BCUT2D eigenvalue weighted by molar-refractivity contribution is 5.92. The van der Waals surface area contributed by atoms with E-state index in [9.17, 15) is 19.2 Å². The number of carboxylic acids is 1. The lowest BCUT2D eigenvalue weighted by molar-refractivity contribution is -0.140. The van der Waals surface area contributed by atoms with Crippen LogP contribution in [0.2, 0.25) is 0 Å². The second kappa shape index (κ2) is 5.99. The van der Waals surface area contributed by atoms with Gasteiger partial charge < -0.3 is 15.5 Å². The summed E-state index contributed by atoms with van der Waals surface area (Å²) >= 11 is 0. The van der Waals surface area contributed by atoms with Crippen LogP contribution >= 0.6 is 0 Å². The van der Waals surface area contributed by atoms with Crippen LogP contribution in [0, 0.1) is 0 Å². The molecule has 18 heavy (non-hydrogen) atoms. The molecule has 2 aliphatic rings. The number of carboxylic acid groups (broad SMARTS) is 2. The molecule has 2 rings (SSSR count). The summed E-state index contributed by atoms with van der Waals surface area (Å²) in [6, 6.07) is -0.641. The molecule has 0 spiro atoms. The third-order valence-corrected chi connectivity index (χ3v) is 2.60. The van der Waals surface area contributed by atoms with Crippen LogP contribution in [0.4, 0.5) is 4.79 Å². The van der Waals surface area contributed by atoms with Gasteiger partial charge in [-0.1, -0.05) is 0 Å². The predicted octanol–water partition coefficient (Wildman–Crippen LogP) is -0.364. The largest absolute Gasteiger partial charge is 0.480 e. The molecule has 100 valence electrons. The van der Waals surface area contributed by atoms with Gasteiger partial charge in [0.1, 0.15) is 6.04 Å². The van der Waals surface area contributed by atoms with Crippen molar-refractivity contribution in [3.63, 3.8) is 0 Å². The minimum absolute atomic E-state index is 0.164. The predicted molar refractivity (Wildman–Crippen MR) is 57.8 cm³/mol. The Morgan fingerprint density at radius 1 is 1.22 bits per heavy atom. The Kier molecular flexibility index (Phi) is 4.64. The van der Waals surface area contributed by atoms with Gasteiger partial charge in [-0.2, -0.15) is 0 Å². The fraction of sp³-hybridized carbons (Fsp3) is 0.600. The molecule has 0 aromatic heterocycles. The maximum absolute atomic E-state index is 10.6. The van der Waals surface area contributed by atoms with Crippen molar-refractivity contribution < 1.29 is 29.4 Å². The summed E-state index contributed by atoms with van der Waals surface area (Å²) in [7, 11) is 0. The molecule has 8 heteroatoms. The van der Waals surface area contributed by atoms with Crippen molar-refractivity contribution in [1.29, 1.82) is 0 Å². The van der Waals surface area contributed by atoms with Gasteiger partial charge in [0.25, 0.3) is 0 Å². The molecule has 1 unspecified atom stereocenters. The number of aliphatic carboxylic acids is 1. The lowest BCUT2D eigenvalue weighted by Crippen LogP contribution is -2.32. The lowest BCUT2D eigenvalue weighted by Gasteiger charge is -2.05. The topological polar surface area (TPSA) is 124 Å². The highest BCUT2D eigenvalue weighted by Crippen LogP contribution is 2.08. The molecule has 2 aliphatic heterocycles. The number of imide groups is 1. The second-order valence-electron chi connectivity index (χ2n) is 3.93. The molecular weight excluding hydrogens is 244 g/mol. The molecule has 0 radical (unpaired) electrons. The number of carbonyl (C=O) groups excluding carboxylic acids is 2. The number of nitrogens with one attached hydrogen (secondary N) is 1. The quantitative estimate of drug-likeness (QED) is 0.589. The number of rotatable bonds is 1. The Morgan fingerprint density at radius 3 is 2.11 bits per heavy atom. The summed E-state index contributed by atoms with van der Waals surface area (Å²) in [4.78, 5) is 42.0. The molecule has 2 saturated heterocycles. The van der Waals surface area contributed by atoms with Crippen molar-refractivity contribution in [2.24, 2.45) is 0 Å². The zero-order valence-corrected chi connectivity index (χ0v) is 9.59. The molecule has 8 nitrogen and oxygen atoms in total. The van der Waals surface area contributed by atoms with E-state index in [2.05, 4.69) is 5.32 Å². The van der Waals surface area contributed by atoms with E-state index in [1.165, 1.54) is 0 Å². The van der Waals surface area contributed by atoms with E-state index in [1.807, 2.05) is 0 Å². The second-order valence-corrected chi connectivity index (χ2v) is 3.93. The minimum Gasteiger partial charge on any atom is -0.480 e. The van der Waals surface area contributed by atoms with Gasteiger partial charge in [0.2, 0.25) is 11.8 Å². The van der Waals surface area contributed by atoms with Crippen LogP contribution in [0.15, 0.2) is 0 Å². The molecule has 3 N–H and O–H groups in total. The molecule has 0 aliphatic carbocycles. The lowest BCUT2D eigenvalue weighted by atomic mass is 10.2. The van der Waals surface area contributed by atoms with Crippen LogP contribution in [-0.2, 0) is 14.4 Å². The summed E-state index contributed by atoms with van der Waals surface area (Å²) < 4.78 is 0. The summed E-state index contributed by atoms with van der Waals surface area (Å²) in [5.74, 6) is -1.38. The smallest absolute Gasteiger partial charge is 0.414 e. The highest BCUT2D eigenvalue weighted by atomic mass is 16.4. The van der Waals surface area contributed by atoms with E-state index >= 15 is 0 Å². The Balaban J connectivity index is 0.000000180. The van der Waals surface area contributed by atoms with Crippen LogP contribution < -0.4 is 5.32 Å². The number of nitrogens with zero attached hydrogens (tertiary/aromatic N) is 1. The molecular formula is C10H14N2O6. The standard InChI is InChI=1S/2C5H7NO3/c7-4-2-1-3-6(4)5(8)9;7-4-2-1-3(6-4)5(8)9/h1-3H2,(H,8,9);3H,1-2H2,(H,6,7)(H,8,9). The summed E-state index contributed by atoms with van der Waals surface area (Å²) in [6.45, 7) is 0.369. The number of hydrogen-bond donors (Lipinski definition) is 3. The monoisotopic (exact) mass is 258 g/mol. The van der Waals surface area contributed by atoms with Gasteiger partial charge in [0.15, 0.2) is 0 Å². The van der Waals surface area contributed by atoms with Gasteiger partial charge in [-0.05, 0) is 12.8 Å². The zero-order valence-electron chi connectivity index (χ0n) is 9.59. The Bertz CT molecular complexity index is 381. The van der Waals surface area contributed by atoms with Crippen LogP contribution in [0.3, 0.4) is 0 Å². The molecule has 2 fully saturated rings. The first-order chi connectivity index (χ1) is 8.41. The van der Waals surface area contributed by atoms with Crippen molar-refractivity contribution in [2.75, 3.05) is 6.54 Å². The van der Waals surface area contributed by atoms with E-state index in [4.69, 9.17) is 10.2 Å². The number of carbonyl (C=O) groups is 4.